The van der Waals surface area contributed by atoms with Crippen LogP contribution in [0.3, 0.4) is 0 Å². The van der Waals surface area contributed by atoms with Crippen molar-refractivity contribution in [1.29, 1.82) is 0 Å². The summed E-state index contributed by atoms with van der Waals surface area (Å²) in [5.41, 5.74) is 8.74. The Balaban J connectivity index is 2.53. The number of rotatable bonds is 3. The number of hydrogen-bond acceptors (Lipinski definition) is 4. The number of hydrogen-bond donors (Lipinski definition) is 1. The van der Waals surface area contributed by atoms with Crippen LogP contribution in [0.25, 0.3) is 11.4 Å². The number of nitrogen functional groups attached to an aromatic ring is 1. The van der Waals surface area contributed by atoms with E-state index in [9.17, 15) is 0 Å². The monoisotopic (exact) mass is 257 g/mol. The molecule has 2 aromatic rings. The zero-order valence-electron chi connectivity index (χ0n) is 11.8. The second-order valence-corrected chi connectivity index (χ2v) is 4.87. The van der Waals surface area contributed by atoms with Crippen LogP contribution < -0.4 is 10.5 Å². The Morgan fingerprint density at radius 2 is 1.89 bits per heavy atom. The van der Waals surface area contributed by atoms with Crippen LogP contribution in [-0.4, -0.2) is 17.1 Å². The number of anilines is 1. The van der Waals surface area contributed by atoms with Crippen molar-refractivity contribution < 1.29 is 4.74 Å². The Morgan fingerprint density at radius 1 is 1.16 bits per heavy atom. The zero-order valence-corrected chi connectivity index (χ0v) is 11.8. The zero-order chi connectivity index (χ0) is 14.0. The van der Waals surface area contributed by atoms with Gasteiger partial charge in [-0.2, -0.15) is 0 Å². The van der Waals surface area contributed by atoms with Crippen molar-refractivity contribution in [2.75, 3.05) is 12.8 Å². The van der Waals surface area contributed by atoms with Crippen LogP contribution in [0.2, 0.25) is 0 Å². The average Bonchev–Trinajstić information content (AvgIpc) is 2.36. The molecule has 0 spiro atoms. The van der Waals surface area contributed by atoms with Crippen LogP contribution in [0, 0.1) is 6.92 Å². The Hall–Kier alpha value is -2.10. The van der Waals surface area contributed by atoms with Gasteiger partial charge < -0.3 is 10.5 Å². The largest absolute Gasteiger partial charge is 0.496 e. The quantitative estimate of drug-likeness (QED) is 0.917. The van der Waals surface area contributed by atoms with E-state index in [1.807, 2.05) is 19.1 Å². The van der Waals surface area contributed by atoms with Gasteiger partial charge in [-0.3, -0.25) is 0 Å². The first kappa shape index (κ1) is 13.3. The third kappa shape index (κ3) is 2.84. The molecule has 1 aromatic heterocycles. The maximum absolute atomic E-state index is 5.77. The average molecular weight is 257 g/mol. The molecule has 0 bridgehead atoms. The first-order valence-electron chi connectivity index (χ1n) is 6.30. The van der Waals surface area contributed by atoms with E-state index in [4.69, 9.17) is 10.5 Å². The van der Waals surface area contributed by atoms with Crippen LogP contribution in [0.5, 0.6) is 5.75 Å². The number of aromatic nitrogens is 2. The molecule has 0 fully saturated rings. The predicted molar refractivity (Wildman–Crippen MR) is 77.3 cm³/mol. The smallest absolute Gasteiger partial charge is 0.161 e. The first-order valence-corrected chi connectivity index (χ1v) is 6.30. The molecular weight excluding hydrogens is 238 g/mol. The van der Waals surface area contributed by atoms with Gasteiger partial charge in [-0.25, -0.2) is 9.97 Å². The van der Waals surface area contributed by atoms with Gasteiger partial charge in [-0.1, -0.05) is 13.8 Å². The fourth-order valence-corrected chi connectivity index (χ4v) is 2.05. The minimum atomic E-state index is 0.372. The molecule has 1 heterocycles. The van der Waals surface area contributed by atoms with Gasteiger partial charge in [0.25, 0.3) is 0 Å². The summed E-state index contributed by atoms with van der Waals surface area (Å²) in [4.78, 5) is 8.71. The Bertz CT molecular complexity index is 574. The number of aryl methyl sites for hydroxylation is 1. The lowest BCUT2D eigenvalue weighted by Gasteiger charge is -2.13. The van der Waals surface area contributed by atoms with E-state index in [2.05, 4.69) is 29.9 Å². The second kappa shape index (κ2) is 5.26. The number of nitrogens with two attached hydrogens (primary N) is 1. The van der Waals surface area contributed by atoms with E-state index in [1.165, 1.54) is 0 Å². The van der Waals surface area contributed by atoms with Crippen molar-refractivity contribution in [1.82, 2.24) is 9.97 Å². The molecule has 19 heavy (non-hydrogen) atoms. The van der Waals surface area contributed by atoms with Crippen LogP contribution >= 0.6 is 0 Å². The van der Waals surface area contributed by atoms with Gasteiger partial charge in [-0.05, 0) is 36.6 Å². The van der Waals surface area contributed by atoms with Crippen molar-refractivity contribution in [3.63, 3.8) is 0 Å². The summed E-state index contributed by atoms with van der Waals surface area (Å²) in [5, 5.41) is 0. The molecule has 0 aliphatic carbocycles. The molecule has 0 aliphatic rings. The van der Waals surface area contributed by atoms with Crippen molar-refractivity contribution in [3.8, 4) is 17.1 Å². The minimum Gasteiger partial charge on any atom is -0.496 e. The van der Waals surface area contributed by atoms with Crippen molar-refractivity contribution in [2.45, 2.75) is 26.7 Å². The standard InChI is InChI=1S/C15H19N3O/c1-9(2)12-8-11(5-6-13(12)19-4)15-17-10(3)7-14(16)18-15/h5-9H,1-4H3,(H2,16,17,18). The normalized spacial score (nSPS) is 10.8. The maximum Gasteiger partial charge on any atom is 0.161 e. The van der Waals surface area contributed by atoms with Gasteiger partial charge in [0.2, 0.25) is 0 Å². The van der Waals surface area contributed by atoms with E-state index in [-0.39, 0.29) is 0 Å². The highest BCUT2D eigenvalue weighted by atomic mass is 16.5. The van der Waals surface area contributed by atoms with Crippen molar-refractivity contribution in [3.05, 3.63) is 35.5 Å². The van der Waals surface area contributed by atoms with Gasteiger partial charge in [0, 0.05) is 17.3 Å². The Kier molecular flexibility index (Phi) is 3.69. The Labute approximate surface area is 113 Å². The highest BCUT2D eigenvalue weighted by Gasteiger charge is 2.11. The molecule has 0 aliphatic heterocycles. The number of benzene rings is 1. The summed E-state index contributed by atoms with van der Waals surface area (Å²) >= 11 is 0. The summed E-state index contributed by atoms with van der Waals surface area (Å²) in [6.45, 7) is 6.18. The lowest BCUT2D eigenvalue weighted by Crippen LogP contribution is -1.99. The SMILES string of the molecule is COc1ccc(-c2nc(C)cc(N)n2)cc1C(C)C. The first-order chi connectivity index (χ1) is 9.01. The summed E-state index contributed by atoms with van der Waals surface area (Å²) in [6, 6.07) is 7.74. The molecule has 0 atom stereocenters. The van der Waals surface area contributed by atoms with E-state index >= 15 is 0 Å². The topological polar surface area (TPSA) is 61.0 Å². The van der Waals surface area contributed by atoms with E-state index in [0.717, 1.165) is 22.6 Å². The summed E-state index contributed by atoms with van der Waals surface area (Å²) in [6.07, 6.45) is 0. The molecule has 1 aromatic carbocycles. The molecule has 100 valence electrons. The summed E-state index contributed by atoms with van der Waals surface area (Å²) < 4.78 is 5.38. The molecule has 0 unspecified atom stereocenters. The van der Waals surface area contributed by atoms with Crippen LogP contribution in [0.1, 0.15) is 31.0 Å². The molecule has 2 rings (SSSR count). The molecule has 2 N–H and O–H groups in total. The third-order valence-corrected chi connectivity index (χ3v) is 2.98. The second-order valence-electron chi connectivity index (χ2n) is 4.87. The van der Waals surface area contributed by atoms with Crippen LogP contribution in [0.15, 0.2) is 24.3 Å². The van der Waals surface area contributed by atoms with E-state index in [0.29, 0.717) is 17.6 Å². The maximum atomic E-state index is 5.77. The fraction of sp³-hybridized carbons (Fsp3) is 0.333. The van der Waals surface area contributed by atoms with Crippen LogP contribution in [0.4, 0.5) is 5.82 Å². The van der Waals surface area contributed by atoms with Gasteiger partial charge >= 0.3 is 0 Å². The van der Waals surface area contributed by atoms with E-state index in [1.54, 1.807) is 13.2 Å². The molecule has 0 radical (unpaired) electrons. The molecule has 4 heteroatoms. The molecular formula is C15H19N3O. The Morgan fingerprint density at radius 3 is 2.47 bits per heavy atom. The fourth-order valence-electron chi connectivity index (χ4n) is 2.05. The van der Waals surface area contributed by atoms with E-state index < -0.39 is 0 Å². The highest BCUT2D eigenvalue weighted by molar-refractivity contribution is 5.60. The van der Waals surface area contributed by atoms with Gasteiger partial charge in [0.1, 0.15) is 11.6 Å². The minimum absolute atomic E-state index is 0.372. The highest BCUT2D eigenvalue weighted by Crippen LogP contribution is 2.30. The number of nitrogens with zero attached hydrogens (tertiary/aromatic N) is 2. The van der Waals surface area contributed by atoms with Gasteiger partial charge in [-0.15, -0.1) is 0 Å². The summed E-state index contributed by atoms with van der Waals surface area (Å²) in [5.74, 6) is 2.41. The molecule has 0 saturated heterocycles. The number of ether oxygens (including phenoxy) is 1. The van der Waals surface area contributed by atoms with Crippen LogP contribution in [-0.2, 0) is 0 Å². The van der Waals surface area contributed by atoms with Crippen molar-refractivity contribution in [2.24, 2.45) is 0 Å². The summed E-state index contributed by atoms with van der Waals surface area (Å²) in [7, 11) is 1.68. The van der Waals surface area contributed by atoms with Crippen molar-refractivity contribution >= 4 is 5.82 Å². The predicted octanol–water partition coefficient (Wildman–Crippen LogP) is 3.17. The number of methoxy groups -OCH3 is 1. The lowest BCUT2D eigenvalue weighted by molar-refractivity contribution is 0.407. The molecule has 0 amide bonds. The molecule has 4 nitrogen and oxygen atoms in total. The third-order valence-electron chi connectivity index (χ3n) is 2.98. The lowest BCUT2D eigenvalue weighted by atomic mass is 9.99. The van der Waals surface area contributed by atoms with Gasteiger partial charge in [0.15, 0.2) is 5.82 Å². The molecule has 0 saturated carbocycles. The van der Waals surface area contributed by atoms with Gasteiger partial charge in [0.05, 0.1) is 7.11 Å².